The first kappa shape index (κ1) is 18.9. The van der Waals surface area contributed by atoms with Gasteiger partial charge in [0.25, 0.3) is 0 Å². The van der Waals surface area contributed by atoms with Crippen LogP contribution in [0.3, 0.4) is 0 Å². The van der Waals surface area contributed by atoms with Crippen LogP contribution in [-0.2, 0) is 0 Å². The Labute approximate surface area is 176 Å². The Hall–Kier alpha value is -2.48. The Morgan fingerprint density at radius 1 is 1.04 bits per heavy atom. The lowest BCUT2D eigenvalue weighted by Crippen LogP contribution is -2.37. The maximum absolute atomic E-state index is 6.34. The van der Waals surface area contributed by atoms with Crippen LogP contribution in [0.25, 0.3) is 0 Å². The fourth-order valence-electron chi connectivity index (χ4n) is 2.75. The second-order valence-electron chi connectivity index (χ2n) is 6.00. The van der Waals surface area contributed by atoms with Crippen molar-refractivity contribution in [1.29, 1.82) is 0 Å². The monoisotopic (exact) mass is 455 g/mol. The first-order valence-electron chi connectivity index (χ1n) is 8.66. The number of benzene rings is 2. The maximum Gasteiger partial charge on any atom is 0.178 e. The molecule has 3 aromatic rings. The van der Waals surface area contributed by atoms with E-state index in [-0.39, 0.29) is 5.50 Å². The lowest BCUT2D eigenvalue weighted by Gasteiger charge is -2.27. The van der Waals surface area contributed by atoms with E-state index in [0.717, 1.165) is 21.7 Å². The van der Waals surface area contributed by atoms with Gasteiger partial charge >= 0.3 is 0 Å². The molecule has 1 atom stereocenters. The van der Waals surface area contributed by atoms with Gasteiger partial charge < -0.3 is 15.2 Å². The molecule has 4 rings (SSSR count). The van der Waals surface area contributed by atoms with Crippen LogP contribution in [0.4, 0.5) is 5.82 Å². The van der Waals surface area contributed by atoms with Crippen molar-refractivity contribution in [3.8, 4) is 17.2 Å². The van der Waals surface area contributed by atoms with E-state index < -0.39 is 0 Å². The summed E-state index contributed by atoms with van der Waals surface area (Å²) in [6, 6.07) is 21.2. The van der Waals surface area contributed by atoms with E-state index in [1.165, 1.54) is 11.8 Å². The molecule has 0 bridgehead atoms. The molecule has 2 aromatic carbocycles. The molecule has 5 nitrogen and oxygen atoms in total. The Morgan fingerprint density at radius 2 is 1.71 bits per heavy atom. The van der Waals surface area contributed by atoms with Crippen molar-refractivity contribution in [1.82, 2.24) is 4.98 Å². The standard InChI is InChI=1S/C21H18BrN3O2S/c22-15-11-19(27-18-9-5-2-6-10-18)20(24-12-15)25-16(14-28-21(25)23)13-26-17-7-3-1-4-8-17/h1-12,14,21H,13,23H2. The third-order valence-corrected chi connectivity index (χ3v) is 5.37. The van der Waals surface area contributed by atoms with E-state index in [9.17, 15) is 0 Å². The van der Waals surface area contributed by atoms with Crippen molar-refractivity contribution in [2.75, 3.05) is 11.5 Å². The van der Waals surface area contributed by atoms with Crippen molar-refractivity contribution >= 4 is 33.5 Å². The molecule has 1 unspecified atom stereocenters. The number of nitrogens with zero attached hydrogens (tertiary/aromatic N) is 2. The SMILES string of the molecule is NC1SC=C(COc2ccccc2)N1c1ncc(Br)cc1Oc1ccccc1. The first-order valence-corrected chi connectivity index (χ1v) is 10.4. The summed E-state index contributed by atoms with van der Waals surface area (Å²) in [4.78, 5) is 6.52. The van der Waals surface area contributed by atoms with Gasteiger partial charge in [0, 0.05) is 16.7 Å². The van der Waals surface area contributed by atoms with E-state index in [0.29, 0.717) is 18.2 Å². The van der Waals surface area contributed by atoms with Gasteiger partial charge in [-0.25, -0.2) is 4.98 Å². The molecule has 1 aromatic heterocycles. The van der Waals surface area contributed by atoms with Crippen LogP contribution in [0.5, 0.6) is 17.2 Å². The Bertz CT molecular complexity index is 970. The number of hydrogen-bond acceptors (Lipinski definition) is 6. The van der Waals surface area contributed by atoms with Gasteiger partial charge in [-0.15, -0.1) is 0 Å². The first-order chi connectivity index (χ1) is 13.7. The van der Waals surface area contributed by atoms with Gasteiger partial charge in [0.2, 0.25) is 0 Å². The van der Waals surface area contributed by atoms with Gasteiger partial charge in [-0.2, -0.15) is 0 Å². The van der Waals surface area contributed by atoms with Gasteiger partial charge in [-0.3, -0.25) is 4.90 Å². The minimum Gasteiger partial charge on any atom is -0.487 e. The lowest BCUT2D eigenvalue weighted by atomic mass is 10.3. The second-order valence-corrected chi connectivity index (χ2v) is 7.90. The zero-order chi connectivity index (χ0) is 19.3. The van der Waals surface area contributed by atoms with E-state index in [1.54, 1.807) is 6.20 Å². The number of ether oxygens (including phenoxy) is 2. The van der Waals surface area contributed by atoms with Crippen molar-refractivity contribution in [3.05, 3.63) is 88.5 Å². The van der Waals surface area contributed by atoms with E-state index in [1.807, 2.05) is 77.0 Å². The number of anilines is 1. The lowest BCUT2D eigenvalue weighted by molar-refractivity contribution is 0.348. The van der Waals surface area contributed by atoms with Crippen molar-refractivity contribution in [2.24, 2.45) is 5.73 Å². The minimum absolute atomic E-state index is 0.304. The highest BCUT2D eigenvalue weighted by Crippen LogP contribution is 2.40. The Balaban J connectivity index is 1.60. The highest BCUT2D eigenvalue weighted by molar-refractivity contribution is 9.10. The Morgan fingerprint density at radius 3 is 2.43 bits per heavy atom. The molecule has 0 aliphatic carbocycles. The molecule has 1 aliphatic rings. The van der Waals surface area contributed by atoms with Gasteiger partial charge in [0.1, 0.15) is 23.6 Å². The van der Waals surface area contributed by atoms with Gasteiger partial charge in [-0.1, -0.05) is 48.2 Å². The van der Waals surface area contributed by atoms with E-state index in [4.69, 9.17) is 15.2 Å². The van der Waals surface area contributed by atoms with Crippen LogP contribution in [0.15, 0.2) is 88.5 Å². The van der Waals surface area contributed by atoms with Gasteiger partial charge in [0.05, 0.1) is 5.70 Å². The molecule has 0 saturated heterocycles. The summed E-state index contributed by atoms with van der Waals surface area (Å²) in [6.45, 7) is 0.382. The summed E-state index contributed by atoms with van der Waals surface area (Å²) in [5.74, 6) is 2.80. The van der Waals surface area contributed by atoms with Crippen molar-refractivity contribution < 1.29 is 9.47 Å². The van der Waals surface area contributed by atoms with E-state index in [2.05, 4.69) is 20.9 Å². The largest absolute Gasteiger partial charge is 0.487 e. The number of para-hydroxylation sites is 2. The average molecular weight is 456 g/mol. The molecular weight excluding hydrogens is 438 g/mol. The number of rotatable bonds is 6. The number of aromatic nitrogens is 1. The van der Waals surface area contributed by atoms with E-state index >= 15 is 0 Å². The van der Waals surface area contributed by atoms with Crippen LogP contribution >= 0.6 is 27.7 Å². The molecule has 28 heavy (non-hydrogen) atoms. The number of nitrogens with two attached hydrogens (primary N) is 1. The van der Waals surface area contributed by atoms with Crippen LogP contribution in [0, 0.1) is 0 Å². The molecule has 0 spiro atoms. The topological polar surface area (TPSA) is 60.6 Å². The van der Waals surface area contributed by atoms with Crippen molar-refractivity contribution in [2.45, 2.75) is 5.50 Å². The number of thioether (sulfide) groups is 1. The molecule has 2 N–H and O–H groups in total. The quantitative estimate of drug-likeness (QED) is 0.540. The zero-order valence-corrected chi connectivity index (χ0v) is 17.3. The molecule has 0 radical (unpaired) electrons. The predicted molar refractivity (Wildman–Crippen MR) is 117 cm³/mol. The second kappa shape index (κ2) is 8.68. The number of pyridine rings is 1. The normalized spacial score (nSPS) is 16.0. The molecule has 1 aliphatic heterocycles. The fourth-order valence-corrected chi connectivity index (χ4v) is 3.89. The number of halogens is 1. The van der Waals surface area contributed by atoms with Crippen LogP contribution < -0.4 is 20.1 Å². The highest BCUT2D eigenvalue weighted by Gasteiger charge is 2.29. The summed E-state index contributed by atoms with van der Waals surface area (Å²) in [7, 11) is 0. The van der Waals surface area contributed by atoms with Crippen molar-refractivity contribution in [3.63, 3.8) is 0 Å². The fraction of sp³-hybridized carbons (Fsp3) is 0.0952. The molecule has 2 heterocycles. The molecule has 142 valence electrons. The molecule has 0 fully saturated rings. The summed E-state index contributed by atoms with van der Waals surface area (Å²) in [6.07, 6.45) is 1.73. The average Bonchev–Trinajstić information content (AvgIpc) is 3.08. The third-order valence-electron chi connectivity index (χ3n) is 4.04. The van der Waals surface area contributed by atoms with Crippen LogP contribution in [0.1, 0.15) is 0 Å². The predicted octanol–water partition coefficient (Wildman–Crippen LogP) is 5.35. The third kappa shape index (κ3) is 4.32. The van der Waals surface area contributed by atoms with Crippen LogP contribution in [0.2, 0.25) is 0 Å². The highest BCUT2D eigenvalue weighted by atomic mass is 79.9. The summed E-state index contributed by atoms with van der Waals surface area (Å²) in [5.41, 5.74) is 6.97. The van der Waals surface area contributed by atoms with Crippen LogP contribution in [-0.4, -0.2) is 17.1 Å². The molecule has 0 saturated carbocycles. The zero-order valence-electron chi connectivity index (χ0n) is 14.9. The van der Waals surface area contributed by atoms with Gasteiger partial charge in [-0.05, 0) is 45.6 Å². The molecule has 7 heteroatoms. The summed E-state index contributed by atoms with van der Waals surface area (Å²) in [5, 5.41) is 2.00. The minimum atomic E-state index is -0.304. The molecular formula is C21H18BrN3O2S. The summed E-state index contributed by atoms with van der Waals surface area (Å²) >= 11 is 4.99. The number of hydrogen-bond donors (Lipinski definition) is 1. The molecule has 0 amide bonds. The Kier molecular flexibility index (Phi) is 5.85. The smallest absolute Gasteiger partial charge is 0.178 e. The summed E-state index contributed by atoms with van der Waals surface area (Å²) < 4.78 is 12.8. The van der Waals surface area contributed by atoms with Gasteiger partial charge in [0.15, 0.2) is 11.6 Å². The maximum atomic E-state index is 6.34.